The van der Waals surface area contributed by atoms with Gasteiger partial charge in [0.25, 0.3) is 11.8 Å². The molecule has 0 aliphatic heterocycles. The van der Waals surface area contributed by atoms with Crippen molar-refractivity contribution in [2.45, 2.75) is 70.8 Å². The minimum Gasteiger partial charge on any atom is -0.464 e. The van der Waals surface area contributed by atoms with Crippen LogP contribution in [0.5, 0.6) is 0 Å². The Kier molecular flexibility index (Phi) is 14.9. The van der Waals surface area contributed by atoms with Gasteiger partial charge in [-0.2, -0.15) is 0 Å². The van der Waals surface area contributed by atoms with Crippen LogP contribution < -0.4 is 16.4 Å². The van der Waals surface area contributed by atoms with Gasteiger partial charge in [-0.25, -0.2) is 4.79 Å². The highest BCUT2D eigenvalue weighted by molar-refractivity contribution is 6.39. The molecule has 0 fully saturated rings. The number of nitrogens with one attached hydrogen (secondary N) is 3. The van der Waals surface area contributed by atoms with Gasteiger partial charge >= 0.3 is 5.97 Å². The van der Waals surface area contributed by atoms with Gasteiger partial charge in [0.15, 0.2) is 5.78 Å². The molecule has 0 saturated heterocycles. The van der Waals surface area contributed by atoms with Crippen LogP contribution in [-0.4, -0.2) is 48.6 Å². The van der Waals surface area contributed by atoms with Crippen molar-refractivity contribution in [3.8, 4) is 0 Å². The number of esters is 1. The lowest BCUT2D eigenvalue weighted by atomic mass is 10.1. The van der Waals surface area contributed by atoms with Gasteiger partial charge < -0.3 is 21.1 Å². The molecule has 0 radical (unpaired) electrons. The standard InChI is InChI=1S/C30H38Cl2N4O5/c1-2-3-4-5-6-7-16-41-30(40)25(36-29(39)27-23(31)12-9-13-24(27)32)15-14-22(37)19-35-28(38)21-11-8-10-20(17-21)18-26(33)34/h8-13,17,25H,2-7,14-16,18-19H2,1H3,(H3,33,34)(H,35,38)(H,36,39)/t25-/m0/s1. The van der Waals surface area contributed by atoms with Gasteiger partial charge in [0.2, 0.25) is 0 Å². The first-order valence-electron chi connectivity index (χ1n) is 13.8. The molecule has 0 saturated carbocycles. The highest BCUT2D eigenvalue weighted by Gasteiger charge is 2.26. The second-order valence-corrected chi connectivity index (χ2v) is 10.5. The number of hydrogen-bond donors (Lipinski definition) is 4. The third-order valence-corrected chi connectivity index (χ3v) is 6.89. The van der Waals surface area contributed by atoms with Crippen LogP contribution in [0.2, 0.25) is 10.0 Å². The summed E-state index contributed by atoms with van der Waals surface area (Å²) in [7, 11) is 0. The molecular formula is C30H38Cl2N4O5. The van der Waals surface area contributed by atoms with Crippen LogP contribution in [0, 0.1) is 5.41 Å². The maximum absolute atomic E-state index is 12.9. The van der Waals surface area contributed by atoms with Gasteiger partial charge in [-0.1, -0.05) is 80.4 Å². The minimum atomic E-state index is -1.11. The highest BCUT2D eigenvalue weighted by Crippen LogP contribution is 2.24. The van der Waals surface area contributed by atoms with E-state index in [1.54, 1.807) is 30.3 Å². The minimum absolute atomic E-state index is 0.0233. The van der Waals surface area contributed by atoms with Crippen molar-refractivity contribution in [1.82, 2.24) is 10.6 Å². The lowest BCUT2D eigenvalue weighted by Gasteiger charge is -2.18. The largest absolute Gasteiger partial charge is 0.464 e. The van der Waals surface area contributed by atoms with Crippen LogP contribution in [0.15, 0.2) is 42.5 Å². The quantitative estimate of drug-likeness (QED) is 0.0788. The maximum atomic E-state index is 12.9. The van der Waals surface area contributed by atoms with Gasteiger partial charge in [-0.15, -0.1) is 0 Å². The van der Waals surface area contributed by atoms with Gasteiger partial charge in [0.1, 0.15) is 6.04 Å². The van der Waals surface area contributed by atoms with Crippen LogP contribution in [0.4, 0.5) is 0 Å². The summed E-state index contributed by atoms with van der Waals surface area (Å²) >= 11 is 12.3. The Morgan fingerprint density at radius 1 is 0.951 bits per heavy atom. The monoisotopic (exact) mass is 604 g/mol. The average molecular weight is 606 g/mol. The number of rotatable bonds is 18. The van der Waals surface area contributed by atoms with Crippen molar-refractivity contribution in [2.24, 2.45) is 5.73 Å². The summed E-state index contributed by atoms with van der Waals surface area (Å²) in [5.41, 5.74) is 6.48. The van der Waals surface area contributed by atoms with E-state index in [-0.39, 0.29) is 59.6 Å². The van der Waals surface area contributed by atoms with E-state index in [2.05, 4.69) is 17.6 Å². The van der Waals surface area contributed by atoms with Crippen LogP contribution >= 0.6 is 23.2 Å². The molecule has 0 bridgehead atoms. The maximum Gasteiger partial charge on any atom is 0.328 e. The topological polar surface area (TPSA) is 151 Å². The number of amides is 2. The molecule has 222 valence electrons. The Hall–Kier alpha value is -3.43. The number of nitrogens with two attached hydrogens (primary N) is 1. The van der Waals surface area contributed by atoms with Gasteiger partial charge in [-0.3, -0.25) is 19.8 Å². The fourth-order valence-electron chi connectivity index (χ4n) is 4.07. The van der Waals surface area contributed by atoms with Gasteiger partial charge in [0, 0.05) is 18.4 Å². The fourth-order valence-corrected chi connectivity index (χ4v) is 4.64. The highest BCUT2D eigenvalue weighted by atomic mass is 35.5. The number of hydrogen-bond acceptors (Lipinski definition) is 6. The molecule has 0 heterocycles. The molecule has 41 heavy (non-hydrogen) atoms. The van der Waals surface area contributed by atoms with E-state index >= 15 is 0 Å². The van der Waals surface area contributed by atoms with E-state index < -0.39 is 23.8 Å². The van der Waals surface area contributed by atoms with E-state index in [9.17, 15) is 19.2 Å². The predicted molar refractivity (Wildman–Crippen MR) is 161 cm³/mol. The van der Waals surface area contributed by atoms with Gasteiger partial charge in [0.05, 0.1) is 34.6 Å². The van der Waals surface area contributed by atoms with Crippen molar-refractivity contribution in [1.29, 1.82) is 5.41 Å². The van der Waals surface area contributed by atoms with Crippen molar-refractivity contribution in [3.05, 3.63) is 69.2 Å². The van der Waals surface area contributed by atoms with Gasteiger partial charge in [-0.05, 0) is 42.7 Å². The Labute approximate surface area is 251 Å². The first-order chi connectivity index (χ1) is 19.6. The molecule has 0 aromatic heterocycles. The number of ketones is 1. The summed E-state index contributed by atoms with van der Waals surface area (Å²) in [5.74, 6) is -2.14. The normalized spacial score (nSPS) is 11.4. The van der Waals surface area contributed by atoms with E-state index in [1.165, 1.54) is 18.6 Å². The second-order valence-electron chi connectivity index (χ2n) is 9.72. The average Bonchev–Trinajstić information content (AvgIpc) is 2.93. The molecule has 0 unspecified atom stereocenters. The Morgan fingerprint density at radius 3 is 2.29 bits per heavy atom. The fraction of sp³-hybridized carbons (Fsp3) is 0.433. The second kappa shape index (κ2) is 18.1. The smallest absolute Gasteiger partial charge is 0.328 e. The van der Waals surface area contributed by atoms with Crippen molar-refractivity contribution < 1.29 is 23.9 Å². The Morgan fingerprint density at radius 2 is 1.61 bits per heavy atom. The van der Waals surface area contributed by atoms with Crippen molar-refractivity contribution >= 4 is 52.6 Å². The molecule has 0 aliphatic rings. The first-order valence-corrected chi connectivity index (χ1v) is 14.5. The number of Topliss-reactive ketones (excluding diaryl/α,β-unsaturated/α-hetero) is 1. The van der Waals surface area contributed by atoms with Crippen LogP contribution in [0.1, 0.15) is 84.6 Å². The molecule has 0 spiro atoms. The zero-order valence-electron chi connectivity index (χ0n) is 23.3. The number of carbonyl (C=O) groups is 4. The van der Waals surface area contributed by atoms with Crippen LogP contribution in [0.3, 0.4) is 0 Å². The van der Waals surface area contributed by atoms with E-state index in [1.807, 2.05) is 0 Å². The number of ether oxygens (including phenoxy) is 1. The number of benzene rings is 2. The summed E-state index contributed by atoms with van der Waals surface area (Å²) < 4.78 is 5.41. The summed E-state index contributed by atoms with van der Waals surface area (Å²) in [4.78, 5) is 50.9. The van der Waals surface area contributed by atoms with Crippen LogP contribution in [0.25, 0.3) is 0 Å². The zero-order chi connectivity index (χ0) is 30.2. The summed E-state index contributed by atoms with van der Waals surface area (Å²) in [5, 5.41) is 12.8. The van der Waals surface area contributed by atoms with E-state index in [4.69, 9.17) is 39.1 Å². The number of unbranched alkanes of at least 4 members (excludes halogenated alkanes) is 5. The third kappa shape index (κ3) is 12.3. The van der Waals surface area contributed by atoms with Crippen LogP contribution in [-0.2, 0) is 20.7 Å². The predicted octanol–water partition coefficient (Wildman–Crippen LogP) is 5.25. The number of halogens is 2. The summed E-state index contributed by atoms with van der Waals surface area (Å²) in [6.45, 7) is 2.08. The molecule has 2 aromatic carbocycles. The molecular weight excluding hydrogens is 567 g/mol. The lowest BCUT2D eigenvalue weighted by molar-refractivity contribution is -0.146. The molecule has 2 aromatic rings. The van der Waals surface area contributed by atoms with E-state index in [0.717, 1.165) is 25.7 Å². The van der Waals surface area contributed by atoms with E-state index in [0.29, 0.717) is 17.5 Å². The molecule has 2 amide bonds. The Bertz CT molecular complexity index is 1200. The molecule has 0 aliphatic carbocycles. The van der Waals surface area contributed by atoms with Crippen molar-refractivity contribution in [2.75, 3.05) is 13.2 Å². The molecule has 9 nitrogen and oxygen atoms in total. The summed E-state index contributed by atoms with van der Waals surface area (Å²) in [6.07, 6.45) is 6.19. The molecule has 11 heteroatoms. The third-order valence-electron chi connectivity index (χ3n) is 6.26. The SMILES string of the molecule is CCCCCCCCOC(=O)[C@H](CCC(=O)CNC(=O)c1cccc(CC(=N)N)c1)NC(=O)c1c(Cl)cccc1Cl. The molecule has 1 atom stereocenters. The van der Waals surface area contributed by atoms with Crippen molar-refractivity contribution in [3.63, 3.8) is 0 Å². The number of carbonyl (C=O) groups excluding carboxylic acids is 4. The first kappa shape index (κ1) is 33.8. The Balaban J connectivity index is 1.96. The number of amidine groups is 1. The zero-order valence-corrected chi connectivity index (χ0v) is 24.8. The summed E-state index contributed by atoms with van der Waals surface area (Å²) in [6, 6.07) is 10.1. The lowest BCUT2D eigenvalue weighted by Crippen LogP contribution is -2.43. The molecule has 5 N–H and O–H groups in total. The molecule has 2 rings (SSSR count).